The van der Waals surface area contributed by atoms with Crippen LogP contribution >= 0.6 is 0 Å². The monoisotopic (exact) mass is 363 g/mol. The first-order chi connectivity index (χ1) is 13.1. The van der Waals surface area contributed by atoms with Gasteiger partial charge in [-0.1, -0.05) is 12.1 Å². The molecular formula is C21H21N3O3. The minimum atomic E-state index is -0.294. The van der Waals surface area contributed by atoms with Gasteiger partial charge in [0.1, 0.15) is 5.75 Å². The van der Waals surface area contributed by atoms with Crippen LogP contribution < -0.4 is 15.4 Å². The number of amides is 2. The van der Waals surface area contributed by atoms with E-state index in [1.165, 1.54) is 0 Å². The van der Waals surface area contributed by atoms with Crippen molar-refractivity contribution in [3.8, 4) is 11.8 Å². The first-order valence-corrected chi connectivity index (χ1v) is 8.82. The van der Waals surface area contributed by atoms with Crippen LogP contribution in [0.25, 0.3) is 0 Å². The topological polar surface area (TPSA) is 91.2 Å². The standard InChI is InChI=1S/C21H21N3O3/c1-27-17-4-2-3-14(11-17)9-10-23-20(25)18-12-19(18)21(26)24-16-7-5-15(13-22)6-8-16/h2-8,11,18-19H,9-10,12H2,1H3,(H,23,25)(H,24,26). The summed E-state index contributed by atoms with van der Waals surface area (Å²) in [5, 5.41) is 14.5. The Bertz CT molecular complexity index is 871. The number of nitrogens with zero attached hydrogens (tertiary/aromatic N) is 1. The summed E-state index contributed by atoms with van der Waals surface area (Å²) in [6, 6.07) is 16.4. The highest BCUT2D eigenvalue weighted by atomic mass is 16.5. The number of benzene rings is 2. The summed E-state index contributed by atoms with van der Waals surface area (Å²) in [5.41, 5.74) is 2.25. The molecule has 0 heterocycles. The summed E-state index contributed by atoms with van der Waals surface area (Å²) in [6.45, 7) is 0.520. The van der Waals surface area contributed by atoms with Crippen molar-refractivity contribution in [3.05, 3.63) is 59.7 Å². The van der Waals surface area contributed by atoms with Gasteiger partial charge in [0.05, 0.1) is 30.6 Å². The first kappa shape index (κ1) is 18.5. The summed E-state index contributed by atoms with van der Waals surface area (Å²) in [4.78, 5) is 24.5. The maximum absolute atomic E-state index is 12.2. The molecule has 2 amide bonds. The van der Waals surface area contributed by atoms with E-state index in [2.05, 4.69) is 10.6 Å². The van der Waals surface area contributed by atoms with Crippen LogP contribution in [0.3, 0.4) is 0 Å². The van der Waals surface area contributed by atoms with Gasteiger partial charge in [0.25, 0.3) is 0 Å². The van der Waals surface area contributed by atoms with Crippen molar-refractivity contribution < 1.29 is 14.3 Å². The third-order valence-electron chi connectivity index (χ3n) is 4.59. The van der Waals surface area contributed by atoms with Gasteiger partial charge in [-0.05, 0) is 54.8 Å². The number of methoxy groups -OCH3 is 1. The maximum Gasteiger partial charge on any atom is 0.228 e. The summed E-state index contributed by atoms with van der Waals surface area (Å²) >= 11 is 0. The molecule has 1 fully saturated rings. The molecule has 1 aliphatic carbocycles. The van der Waals surface area contributed by atoms with Gasteiger partial charge < -0.3 is 15.4 Å². The molecule has 0 saturated heterocycles. The van der Waals surface area contributed by atoms with E-state index in [9.17, 15) is 9.59 Å². The molecule has 27 heavy (non-hydrogen) atoms. The third kappa shape index (κ3) is 4.85. The second kappa shape index (κ2) is 8.37. The molecular weight excluding hydrogens is 342 g/mol. The molecule has 0 radical (unpaired) electrons. The predicted molar refractivity (Wildman–Crippen MR) is 101 cm³/mol. The van der Waals surface area contributed by atoms with Crippen molar-refractivity contribution in [1.29, 1.82) is 5.26 Å². The lowest BCUT2D eigenvalue weighted by Crippen LogP contribution is -2.29. The van der Waals surface area contributed by atoms with Gasteiger partial charge in [-0.3, -0.25) is 9.59 Å². The van der Waals surface area contributed by atoms with Gasteiger partial charge in [0, 0.05) is 12.2 Å². The highest BCUT2D eigenvalue weighted by Gasteiger charge is 2.47. The van der Waals surface area contributed by atoms with Gasteiger partial charge in [-0.15, -0.1) is 0 Å². The molecule has 0 aliphatic heterocycles. The van der Waals surface area contributed by atoms with Crippen LogP contribution in [0.2, 0.25) is 0 Å². The molecule has 138 valence electrons. The van der Waals surface area contributed by atoms with Crippen LogP contribution in [-0.2, 0) is 16.0 Å². The van der Waals surface area contributed by atoms with Crippen molar-refractivity contribution in [3.63, 3.8) is 0 Å². The van der Waals surface area contributed by atoms with Crippen molar-refractivity contribution >= 4 is 17.5 Å². The summed E-state index contributed by atoms with van der Waals surface area (Å²) in [6.07, 6.45) is 1.27. The highest BCUT2D eigenvalue weighted by molar-refractivity contribution is 5.99. The molecule has 1 saturated carbocycles. The van der Waals surface area contributed by atoms with E-state index < -0.39 is 0 Å². The van der Waals surface area contributed by atoms with Crippen LogP contribution in [0, 0.1) is 23.2 Å². The number of carbonyl (C=O) groups excluding carboxylic acids is 2. The number of hydrogen-bond donors (Lipinski definition) is 2. The van der Waals surface area contributed by atoms with Gasteiger partial charge in [-0.2, -0.15) is 5.26 Å². The highest BCUT2D eigenvalue weighted by Crippen LogP contribution is 2.39. The summed E-state index contributed by atoms with van der Waals surface area (Å²) < 4.78 is 5.18. The van der Waals surface area contributed by atoms with Gasteiger partial charge >= 0.3 is 0 Å². The second-order valence-corrected chi connectivity index (χ2v) is 6.52. The number of hydrogen-bond acceptors (Lipinski definition) is 4. The lowest BCUT2D eigenvalue weighted by molar-refractivity contribution is -0.125. The van der Waals surface area contributed by atoms with Gasteiger partial charge in [0.2, 0.25) is 11.8 Å². The quantitative estimate of drug-likeness (QED) is 0.791. The first-order valence-electron chi connectivity index (χ1n) is 8.82. The Hall–Kier alpha value is -3.33. The summed E-state index contributed by atoms with van der Waals surface area (Å²) in [7, 11) is 1.62. The normalized spacial score (nSPS) is 17.5. The molecule has 6 nitrogen and oxygen atoms in total. The Morgan fingerprint density at radius 1 is 1.15 bits per heavy atom. The van der Waals surface area contributed by atoms with Crippen LogP contribution in [0.1, 0.15) is 17.5 Å². The fourth-order valence-corrected chi connectivity index (χ4v) is 2.93. The molecule has 3 rings (SSSR count). The number of ether oxygens (including phenoxy) is 1. The molecule has 0 spiro atoms. The molecule has 6 heteroatoms. The molecule has 2 atom stereocenters. The minimum absolute atomic E-state index is 0.0853. The van der Waals surface area contributed by atoms with Crippen molar-refractivity contribution in [2.24, 2.45) is 11.8 Å². The Balaban J connectivity index is 1.42. The molecule has 2 N–H and O–H groups in total. The minimum Gasteiger partial charge on any atom is -0.497 e. The number of nitrogens with one attached hydrogen (secondary N) is 2. The van der Waals surface area contributed by atoms with Crippen LogP contribution in [0.15, 0.2) is 48.5 Å². The lowest BCUT2D eigenvalue weighted by atomic mass is 10.1. The van der Waals surface area contributed by atoms with Crippen molar-refractivity contribution in [2.75, 3.05) is 19.0 Å². The van der Waals surface area contributed by atoms with E-state index in [-0.39, 0.29) is 23.7 Å². The molecule has 0 bridgehead atoms. The van der Waals surface area contributed by atoms with E-state index in [1.807, 2.05) is 30.3 Å². The van der Waals surface area contributed by atoms with Crippen LogP contribution in [0.4, 0.5) is 5.69 Å². The van der Waals surface area contributed by atoms with Crippen molar-refractivity contribution in [2.45, 2.75) is 12.8 Å². The number of carbonyl (C=O) groups is 2. The van der Waals surface area contributed by atoms with E-state index in [0.29, 0.717) is 30.6 Å². The predicted octanol–water partition coefficient (Wildman–Crippen LogP) is 2.50. The Morgan fingerprint density at radius 3 is 2.59 bits per heavy atom. The number of rotatable bonds is 7. The Labute approximate surface area is 158 Å². The molecule has 2 aromatic rings. The average Bonchev–Trinajstić information content (AvgIpc) is 3.50. The lowest BCUT2D eigenvalue weighted by Gasteiger charge is -2.07. The second-order valence-electron chi connectivity index (χ2n) is 6.52. The smallest absolute Gasteiger partial charge is 0.228 e. The Morgan fingerprint density at radius 2 is 1.89 bits per heavy atom. The largest absolute Gasteiger partial charge is 0.497 e. The third-order valence-corrected chi connectivity index (χ3v) is 4.59. The van der Waals surface area contributed by atoms with Gasteiger partial charge in [0.15, 0.2) is 0 Å². The van der Waals surface area contributed by atoms with E-state index in [1.54, 1.807) is 31.4 Å². The molecule has 2 unspecified atom stereocenters. The number of anilines is 1. The fraction of sp³-hybridized carbons (Fsp3) is 0.286. The van der Waals surface area contributed by atoms with E-state index >= 15 is 0 Å². The fourth-order valence-electron chi connectivity index (χ4n) is 2.93. The van der Waals surface area contributed by atoms with Gasteiger partial charge in [-0.25, -0.2) is 0 Å². The van der Waals surface area contributed by atoms with Crippen molar-refractivity contribution in [1.82, 2.24) is 5.32 Å². The Kier molecular flexibility index (Phi) is 5.72. The summed E-state index contributed by atoms with van der Waals surface area (Å²) in [5.74, 6) is -0.0164. The zero-order valence-electron chi connectivity index (χ0n) is 15.1. The van der Waals surface area contributed by atoms with E-state index in [0.717, 1.165) is 11.3 Å². The van der Waals surface area contributed by atoms with E-state index in [4.69, 9.17) is 10.00 Å². The molecule has 0 aromatic heterocycles. The SMILES string of the molecule is COc1cccc(CCNC(=O)C2CC2C(=O)Nc2ccc(C#N)cc2)c1. The molecule has 2 aromatic carbocycles. The number of nitriles is 1. The van der Waals surface area contributed by atoms with Crippen LogP contribution in [0.5, 0.6) is 5.75 Å². The maximum atomic E-state index is 12.2. The zero-order valence-corrected chi connectivity index (χ0v) is 15.1. The average molecular weight is 363 g/mol. The molecule has 1 aliphatic rings. The zero-order chi connectivity index (χ0) is 19.2. The van der Waals surface area contributed by atoms with Crippen LogP contribution in [-0.4, -0.2) is 25.5 Å².